The van der Waals surface area contributed by atoms with Crippen LogP contribution in [0.2, 0.25) is 0 Å². The van der Waals surface area contributed by atoms with Crippen molar-refractivity contribution in [2.75, 3.05) is 11.1 Å². The van der Waals surface area contributed by atoms with E-state index >= 15 is 0 Å². The first-order valence-electron chi connectivity index (χ1n) is 5.82. The van der Waals surface area contributed by atoms with Gasteiger partial charge in [0, 0.05) is 18.0 Å². The Morgan fingerprint density at radius 2 is 2.00 bits per heavy atom. The van der Waals surface area contributed by atoms with E-state index in [4.69, 9.17) is 5.73 Å². The molecule has 0 aliphatic heterocycles. The van der Waals surface area contributed by atoms with Crippen LogP contribution >= 0.6 is 0 Å². The number of nitrogens with two attached hydrogens (primary N) is 1. The maximum Gasteiger partial charge on any atom is 0.128 e. The zero-order valence-electron chi connectivity index (χ0n) is 9.93. The summed E-state index contributed by atoms with van der Waals surface area (Å²) < 4.78 is 0. The minimum absolute atomic E-state index is 0.269. The van der Waals surface area contributed by atoms with Gasteiger partial charge in [-0.2, -0.15) is 0 Å². The summed E-state index contributed by atoms with van der Waals surface area (Å²) in [5.74, 6) is 0.820. The van der Waals surface area contributed by atoms with Gasteiger partial charge in [0.25, 0.3) is 0 Å². The van der Waals surface area contributed by atoms with Crippen LogP contribution in [0.3, 0.4) is 0 Å². The largest absolute Gasteiger partial charge is 0.399 e. The maximum absolute atomic E-state index is 5.73. The van der Waals surface area contributed by atoms with Crippen LogP contribution in [-0.2, 0) is 0 Å². The molecule has 0 fully saturated rings. The van der Waals surface area contributed by atoms with Crippen LogP contribution in [0.1, 0.15) is 24.9 Å². The third-order valence-electron chi connectivity index (χ3n) is 2.72. The smallest absolute Gasteiger partial charge is 0.128 e. The highest BCUT2D eigenvalue weighted by molar-refractivity contribution is 5.49. The molecular formula is C14H17N3. The molecule has 0 bridgehead atoms. The Morgan fingerprint density at radius 1 is 1.24 bits per heavy atom. The molecule has 1 atom stereocenters. The molecule has 1 unspecified atom stereocenters. The second kappa shape index (κ2) is 5.34. The van der Waals surface area contributed by atoms with Gasteiger partial charge < -0.3 is 11.1 Å². The predicted octanol–water partition coefficient (Wildman–Crippen LogP) is 3.23. The number of pyridine rings is 1. The lowest BCUT2D eigenvalue weighted by Gasteiger charge is -2.18. The third kappa shape index (κ3) is 2.97. The van der Waals surface area contributed by atoms with E-state index in [-0.39, 0.29) is 6.04 Å². The van der Waals surface area contributed by atoms with Crippen molar-refractivity contribution in [3.63, 3.8) is 0 Å². The Bertz CT molecular complexity index is 468. The summed E-state index contributed by atoms with van der Waals surface area (Å²) in [5, 5.41) is 3.39. The summed E-state index contributed by atoms with van der Waals surface area (Å²) in [6, 6.07) is 14.3. The minimum atomic E-state index is 0.269. The van der Waals surface area contributed by atoms with Crippen molar-refractivity contribution < 1.29 is 0 Å². The van der Waals surface area contributed by atoms with Crippen molar-refractivity contribution in [1.82, 2.24) is 4.98 Å². The Morgan fingerprint density at radius 3 is 2.65 bits per heavy atom. The average Bonchev–Trinajstić information content (AvgIpc) is 2.37. The zero-order valence-corrected chi connectivity index (χ0v) is 9.93. The highest BCUT2D eigenvalue weighted by Crippen LogP contribution is 2.21. The van der Waals surface area contributed by atoms with E-state index in [1.165, 1.54) is 5.56 Å². The summed E-state index contributed by atoms with van der Waals surface area (Å²) in [6.45, 7) is 2.15. The van der Waals surface area contributed by atoms with Crippen molar-refractivity contribution in [3.05, 3.63) is 54.2 Å². The molecule has 3 N–H and O–H groups in total. The fourth-order valence-corrected chi connectivity index (χ4v) is 1.81. The Labute approximate surface area is 102 Å². The van der Waals surface area contributed by atoms with Crippen LogP contribution in [0.4, 0.5) is 11.5 Å². The monoisotopic (exact) mass is 227 g/mol. The second-order valence-electron chi connectivity index (χ2n) is 3.99. The third-order valence-corrected chi connectivity index (χ3v) is 2.72. The van der Waals surface area contributed by atoms with E-state index in [1.807, 2.05) is 24.3 Å². The number of anilines is 2. The van der Waals surface area contributed by atoms with E-state index in [1.54, 1.807) is 12.3 Å². The number of hydrogen-bond acceptors (Lipinski definition) is 3. The Kier molecular flexibility index (Phi) is 3.60. The molecule has 0 amide bonds. The van der Waals surface area contributed by atoms with Crippen molar-refractivity contribution in [1.29, 1.82) is 0 Å². The average molecular weight is 227 g/mol. The van der Waals surface area contributed by atoms with Gasteiger partial charge in [-0.25, -0.2) is 4.98 Å². The SMILES string of the molecule is CCC(Nc1cc(N)ccn1)c1ccccc1. The molecule has 0 aliphatic rings. The van der Waals surface area contributed by atoms with Gasteiger partial charge in [0.2, 0.25) is 0 Å². The van der Waals surface area contributed by atoms with Gasteiger partial charge >= 0.3 is 0 Å². The number of nitrogen functional groups attached to an aromatic ring is 1. The fraction of sp³-hybridized carbons (Fsp3) is 0.214. The number of hydrogen-bond donors (Lipinski definition) is 2. The van der Waals surface area contributed by atoms with Crippen molar-refractivity contribution in [2.24, 2.45) is 0 Å². The minimum Gasteiger partial charge on any atom is -0.399 e. The Balaban J connectivity index is 2.16. The maximum atomic E-state index is 5.73. The Hall–Kier alpha value is -2.03. The molecular weight excluding hydrogens is 210 g/mol. The van der Waals surface area contributed by atoms with Crippen LogP contribution in [0, 0.1) is 0 Å². The van der Waals surface area contributed by atoms with E-state index in [0.29, 0.717) is 0 Å². The van der Waals surface area contributed by atoms with Crippen LogP contribution in [0.25, 0.3) is 0 Å². The van der Waals surface area contributed by atoms with E-state index < -0.39 is 0 Å². The lowest BCUT2D eigenvalue weighted by Crippen LogP contribution is -2.10. The van der Waals surface area contributed by atoms with E-state index in [2.05, 4.69) is 29.4 Å². The lowest BCUT2D eigenvalue weighted by molar-refractivity contribution is 0.745. The molecule has 3 nitrogen and oxygen atoms in total. The van der Waals surface area contributed by atoms with Crippen molar-refractivity contribution in [3.8, 4) is 0 Å². The van der Waals surface area contributed by atoms with Crippen LogP contribution in [-0.4, -0.2) is 4.98 Å². The first kappa shape index (κ1) is 11.5. The molecule has 3 heteroatoms. The second-order valence-corrected chi connectivity index (χ2v) is 3.99. The molecule has 2 aromatic rings. The number of nitrogens with one attached hydrogen (secondary N) is 1. The van der Waals surface area contributed by atoms with E-state index in [9.17, 15) is 0 Å². The van der Waals surface area contributed by atoms with Crippen LogP contribution in [0.15, 0.2) is 48.7 Å². The van der Waals surface area contributed by atoms with Crippen LogP contribution in [0.5, 0.6) is 0 Å². The number of benzene rings is 1. The van der Waals surface area contributed by atoms with Gasteiger partial charge in [0.15, 0.2) is 0 Å². The molecule has 88 valence electrons. The van der Waals surface area contributed by atoms with Gasteiger partial charge in [-0.15, -0.1) is 0 Å². The normalized spacial score (nSPS) is 12.1. The molecule has 0 radical (unpaired) electrons. The molecule has 0 spiro atoms. The lowest BCUT2D eigenvalue weighted by atomic mass is 10.0. The molecule has 1 heterocycles. The van der Waals surface area contributed by atoms with Crippen LogP contribution < -0.4 is 11.1 Å². The zero-order chi connectivity index (χ0) is 12.1. The quantitative estimate of drug-likeness (QED) is 0.843. The van der Waals surface area contributed by atoms with Gasteiger partial charge in [-0.05, 0) is 18.1 Å². The first-order valence-corrected chi connectivity index (χ1v) is 5.82. The summed E-state index contributed by atoms with van der Waals surface area (Å²) in [7, 11) is 0. The summed E-state index contributed by atoms with van der Waals surface area (Å²) in [5.41, 5.74) is 7.72. The van der Waals surface area contributed by atoms with Gasteiger partial charge in [0.1, 0.15) is 5.82 Å². The van der Waals surface area contributed by atoms with Gasteiger partial charge in [0.05, 0.1) is 6.04 Å². The summed E-state index contributed by atoms with van der Waals surface area (Å²) >= 11 is 0. The van der Waals surface area contributed by atoms with Crippen molar-refractivity contribution in [2.45, 2.75) is 19.4 Å². The summed E-state index contributed by atoms with van der Waals surface area (Å²) in [4.78, 5) is 4.26. The van der Waals surface area contributed by atoms with Gasteiger partial charge in [-0.1, -0.05) is 37.3 Å². The fourth-order valence-electron chi connectivity index (χ4n) is 1.81. The molecule has 1 aromatic heterocycles. The molecule has 1 aromatic carbocycles. The topological polar surface area (TPSA) is 50.9 Å². The standard InChI is InChI=1S/C14H17N3/c1-2-13(11-6-4-3-5-7-11)17-14-10-12(15)8-9-16-14/h3-10,13H,2H2,1H3,(H3,15,16,17). The summed E-state index contributed by atoms with van der Waals surface area (Å²) in [6.07, 6.45) is 2.72. The molecule has 0 saturated carbocycles. The number of rotatable bonds is 4. The molecule has 2 rings (SSSR count). The molecule has 0 saturated heterocycles. The first-order chi connectivity index (χ1) is 8.29. The van der Waals surface area contributed by atoms with Crippen molar-refractivity contribution >= 4 is 11.5 Å². The highest BCUT2D eigenvalue weighted by atomic mass is 15.0. The molecule has 17 heavy (non-hydrogen) atoms. The molecule has 0 aliphatic carbocycles. The van der Waals surface area contributed by atoms with Gasteiger partial charge in [-0.3, -0.25) is 0 Å². The highest BCUT2D eigenvalue weighted by Gasteiger charge is 2.08. The number of aromatic nitrogens is 1. The number of nitrogens with zero attached hydrogens (tertiary/aromatic N) is 1. The predicted molar refractivity (Wildman–Crippen MR) is 71.7 cm³/mol. The van der Waals surface area contributed by atoms with E-state index in [0.717, 1.165) is 17.9 Å².